The molecule has 5 nitrogen and oxygen atoms in total. The summed E-state index contributed by atoms with van der Waals surface area (Å²) in [6.45, 7) is 5.18. The number of carbonyl (C=O) groups is 1. The molecule has 0 saturated carbocycles. The van der Waals surface area contributed by atoms with E-state index in [4.69, 9.17) is 5.73 Å². The number of phenols is 1. The maximum atomic E-state index is 12.2. The van der Waals surface area contributed by atoms with Crippen molar-refractivity contribution in [2.24, 2.45) is 5.73 Å². The fourth-order valence-electron chi connectivity index (χ4n) is 2.75. The zero-order valence-corrected chi connectivity index (χ0v) is 12.6. The van der Waals surface area contributed by atoms with E-state index in [1.54, 1.807) is 24.3 Å². The Labute approximate surface area is 126 Å². The molecule has 0 aromatic heterocycles. The predicted octanol–water partition coefficient (Wildman–Crippen LogP) is 0.863. The molecule has 0 spiro atoms. The van der Waals surface area contributed by atoms with Crippen LogP contribution in [-0.2, 0) is 11.2 Å². The zero-order valence-electron chi connectivity index (χ0n) is 12.6. The average Bonchev–Trinajstić information content (AvgIpc) is 2.49. The first kappa shape index (κ1) is 15.8. The average molecular weight is 291 g/mol. The Kier molecular flexibility index (Phi) is 5.59. The fraction of sp³-hybridized carbons (Fsp3) is 0.562. The molecule has 0 radical (unpaired) electrons. The van der Waals surface area contributed by atoms with Gasteiger partial charge in [-0.1, -0.05) is 19.1 Å². The molecule has 1 fully saturated rings. The van der Waals surface area contributed by atoms with Gasteiger partial charge < -0.3 is 21.1 Å². The summed E-state index contributed by atoms with van der Waals surface area (Å²) in [4.78, 5) is 14.5. The number of nitrogens with two attached hydrogens (primary N) is 1. The number of hydrogen-bond donors (Lipinski definition) is 3. The molecule has 1 heterocycles. The number of carbonyl (C=O) groups excluding carboxylic acids is 1. The fourth-order valence-corrected chi connectivity index (χ4v) is 2.75. The molecule has 21 heavy (non-hydrogen) atoms. The third-order valence-corrected chi connectivity index (χ3v) is 4.03. The highest BCUT2D eigenvalue weighted by molar-refractivity contribution is 5.82. The van der Waals surface area contributed by atoms with Crippen LogP contribution in [0, 0.1) is 0 Å². The van der Waals surface area contributed by atoms with Crippen LogP contribution in [0.4, 0.5) is 0 Å². The number of hydrogen-bond acceptors (Lipinski definition) is 4. The number of piperidine rings is 1. The van der Waals surface area contributed by atoms with E-state index in [1.165, 1.54) is 0 Å². The first-order valence-corrected chi connectivity index (χ1v) is 7.64. The van der Waals surface area contributed by atoms with Crippen molar-refractivity contribution >= 4 is 5.91 Å². The van der Waals surface area contributed by atoms with Gasteiger partial charge in [0.15, 0.2) is 0 Å². The Morgan fingerprint density at radius 3 is 2.86 bits per heavy atom. The van der Waals surface area contributed by atoms with Gasteiger partial charge >= 0.3 is 0 Å². The van der Waals surface area contributed by atoms with Crippen LogP contribution < -0.4 is 11.1 Å². The Morgan fingerprint density at radius 1 is 1.48 bits per heavy atom. The number of likely N-dealkylation sites (N-methyl/N-ethyl adjacent to an activating group) is 1. The molecule has 1 unspecified atom stereocenters. The summed E-state index contributed by atoms with van der Waals surface area (Å²) in [6.07, 6.45) is 2.62. The Morgan fingerprint density at radius 2 is 2.19 bits per heavy atom. The Balaban J connectivity index is 1.83. The van der Waals surface area contributed by atoms with Gasteiger partial charge in [0.25, 0.3) is 0 Å². The van der Waals surface area contributed by atoms with Crippen LogP contribution in [0.1, 0.15) is 25.3 Å². The molecule has 1 saturated heterocycles. The summed E-state index contributed by atoms with van der Waals surface area (Å²) in [5, 5.41) is 12.3. The van der Waals surface area contributed by atoms with Gasteiger partial charge in [-0.15, -0.1) is 0 Å². The highest BCUT2D eigenvalue weighted by Gasteiger charge is 2.22. The lowest BCUT2D eigenvalue weighted by Crippen LogP contribution is -2.52. The van der Waals surface area contributed by atoms with Gasteiger partial charge in [0.1, 0.15) is 5.75 Å². The van der Waals surface area contributed by atoms with Crippen molar-refractivity contribution in [3.8, 4) is 5.75 Å². The summed E-state index contributed by atoms with van der Waals surface area (Å²) < 4.78 is 0. The van der Waals surface area contributed by atoms with Gasteiger partial charge in [-0.2, -0.15) is 0 Å². The molecule has 4 N–H and O–H groups in total. The standard InChI is InChI=1S/C16H25N3O2/c1-2-19-9-3-4-13(11-19)18-16(21)15(17)10-12-5-7-14(20)8-6-12/h5-8,13,15,20H,2-4,9-11,17H2,1H3,(H,18,21)/t13?,15-/m0/s1. The predicted molar refractivity (Wildman–Crippen MR) is 83.1 cm³/mol. The van der Waals surface area contributed by atoms with Crippen LogP contribution in [0.15, 0.2) is 24.3 Å². The van der Waals surface area contributed by atoms with E-state index >= 15 is 0 Å². The van der Waals surface area contributed by atoms with Gasteiger partial charge in [0, 0.05) is 12.6 Å². The maximum absolute atomic E-state index is 12.2. The summed E-state index contributed by atoms with van der Waals surface area (Å²) in [6, 6.07) is 6.47. The SMILES string of the molecule is CCN1CCCC(NC(=O)[C@@H](N)Cc2ccc(O)cc2)C1. The number of benzene rings is 1. The van der Waals surface area contributed by atoms with Crippen molar-refractivity contribution in [1.29, 1.82) is 0 Å². The minimum absolute atomic E-state index is 0.0916. The third-order valence-electron chi connectivity index (χ3n) is 4.03. The topological polar surface area (TPSA) is 78.6 Å². The van der Waals surface area contributed by atoms with E-state index in [2.05, 4.69) is 17.1 Å². The molecule has 1 aromatic carbocycles. The first-order valence-electron chi connectivity index (χ1n) is 7.64. The number of nitrogens with zero attached hydrogens (tertiary/aromatic N) is 1. The lowest BCUT2D eigenvalue weighted by molar-refractivity contribution is -0.123. The Bertz CT molecular complexity index is 461. The lowest BCUT2D eigenvalue weighted by Gasteiger charge is -2.32. The Hall–Kier alpha value is -1.59. The van der Waals surface area contributed by atoms with E-state index in [0.717, 1.165) is 38.0 Å². The first-order chi connectivity index (χ1) is 10.1. The van der Waals surface area contributed by atoms with Crippen molar-refractivity contribution in [1.82, 2.24) is 10.2 Å². The second-order valence-corrected chi connectivity index (χ2v) is 5.72. The molecule has 1 aliphatic rings. The number of aromatic hydroxyl groups is 1. The molecule has 0 aliphatic carbocycles. The third kappa shape index (κ3) is 4.72. The number of likely N-dealkylation sites (tertiary alicyclic amines) is 1. The molecular formula is C16H25N3O2. The highest BCUT2D eigenvalue weighted by Crippen LogP contribution is 2.12. The van der Waals surface area contributed by atoms with E-state index in [1.807, 2.05) is 0 Å². The lowest BCUT2D eigenvalue weighted by atomic mass is 10.0. The quantitative estimate of drug-likeness (QED) is 0.752. The molecule has 5 heteroatoms. The largest absolute Gasteiger partial charge is 0.508 e. The van der Waals surface area contributed by atoms with E-state index < -0.39 is 6.04 Å². The summed E-state index contributed by atoms with van der Waals surface area (Å²) in [5.74, 6) is 0.129. The number of phenolic OH excluding ortho intramolecular Hbond substituents is 1. The van der Waals surface area contributed by atoms with Crippen LogP contribution >= 0.6 is 0 Å². The minimum atomic E-state index is -0.549. The van der Waals surface area contributed by atoms with Gasteiger partial charge in [-0.25, -0.2) is 0 Å². The molecule has 1 aliphatic heterocycles. The molecule has 2 atom stereocenters. The van der Waals surface area contributed by atoms with Crippen molar-refractivity contribution in [2.75, 3.05) is 19.6 Å². The normalized spacial score (nSPS) is 21.0. The van der Waals surface area contributed by atoms with Crippen LogP contribution in [0.5, 0.6) is 5.75 Å². The van der Waals surface area contributed by atoms with Crippen molar-refractivity contribution in [3.05, 3.63) is 29.8 Å². The van der Waals surface area contributed by atoms with E-state index in [9.17, 15) is 9.90 Å². The van der Waals surface area contributed by atoms with Gasteiger partial charge in [-0.3, -0.25) is 4.79 Å². The minimum Gasteiger partial charge on any atom is -0.508 e. The van der Waals surface area contributed by atoms with Gasteiger partial charge in [0.2, 0.25) is 5.91 Å². The van der Waals surface area contributed by atoms with E-state index in [0.29, 0.717) is 6.42 Å². The molecular weight excluding hydrogens is 266 g/mol. The second-order valence-electron chi connectivity index (χ2n) is 5.72. The van der Waals surface area contributed by atoms with Gasteiger partial charge in [-0.05, 0) is 50.0 Å². The molecule has 0 bridgehead atoms. The van der Waals surface area contributed by atoms with Crippen molar-refractivity contribution in [2.45, 2.75) is 38.3 Å². The van der Waals surface area contributed by atoms with Crippen molar-refractivity contribution < 1.29 is 9.90 Å². The number of nitrogens with one attached hydrogen (secondary N) is 1. The summed E-state index contributed by atoms with van der Waals surface area (Å²) >= 11 is 0. The van der Waals surface area contributed by atoms with Crippen LogP contribution in [0.2, 0.25) is 0 Å². The van der Waals surface area contributed by atoms with Crippen LogP contribution in [-0.4, -0.2) is 47.6 Å². The zero-order chi connectivity index (χ0) is 15.2. The maximum Gasteiger partial charge on any atom is 0.237 e. The number of rotatable bonds is 5. The molecule has 1 amide bonds. The van der Waals surface area contributed by atoms with E-state index in [-0.39, 0.29) is 17.7 Å². The smallest absolute Gasteiger partial charge is 0.237 e. The molecule has 2 rings (SSSR count). The number of amides is 1. The molecule has 1 aromatic rings. The summed E-state index contributed by atoms with van der Waals surface area (Å²) in [7, 11) is 0. The van der Waals surface area contributed by atoms with Crippen LogP contribution in [0.25, 0.3) is 0 Å². The van der Waals surface area contributed by atoms with Gasteiger partial charge in [0.05, 0.1) is 6.04 Å². The summed E-state index contributed by atoms with van der Waals surface area (Å²) in [5.41, 5.74) is 6.94. The highest BCUT2D eigenvalue weighted by atomic mass is 16.3. The van der Waals surface area contributed by atoms with Crippen molar-refractivity contribution in [3.63, 3.8) is 0 Å². The monoisotopic (exact) mass is 291 g/mol. The van der Waals surface area contributed by atoms with Crippen LogP contribution in [0.3, 0.4) is 0 Å². The second kappa shape index (κ2) is 7.43. The molecule has 116 valence electrons.